The molecule has 0 saturated carbocycles. The quantitative estimate of drug-likeness (QED) is 0.434. The zero-order valence-corrected chi connectivity index (χ0v) is 12.4. The third-order valence-corrected chi connectivity index (χ3v) is 3.69. The second-order valence-corrected chi connectivity index (χ2v) is 5.23. The van der Waals surface area contributed by atoms with Gasteiger partial charge in [-0.3, -0.25) is 14.9 Å². The molecule has 2 N–H and O–H groups in total. The summed E-state index contributed by atoms with van der Waals surface area (Å²) in [5.74, 6) is -0.0428. The SMILES string of the molecule is O=C(CO)c1ccc2nc(-c3cc([N+](=O)[O-])ccc3Cl)[nH]c2c1. The number of nitro benzene ring substituents is 1. The van der Waals surface area contributed by atoms with Crippen molar-refractivity contribution in [1.29, 1.82) is 0 Å². The summed E-state index contributed by atoms with van der Waals surface area (Å²) in [6.07, 6.45) is 0. The van der Waals surface area contributed by atoms with Gasteiger partial charge in [0.15, 0.2) is 5.78 Å². The van der Waals surface area contributed by atoms with E-state index >= 15 is 0 Å². The molecular weight excluding hydrogens is 322 g/mol. The van der Waals surface area contributed by atoms with Gasteiger partial charge in [-0.2, -0.15) is 0 Å². The van der Waals surface area contributed by atoms with Gasteiger partial charge in [-0.05, 0) is 24.3 Å². The Balaban J connectivity index is 2.12. The first-order valence-electron chi connectivity index (χ1n) is 6.57. The number of benzene rings is 2. The Hall–Kier alpha value is -2.77. The maximum atomic E-state index is 11.5. The topological polar surface area (TPSA) is 109 Å². The molecule has 0 aliphatic carbocycles. The summed E-state index contributed by atoms with van der Waals surface area (Å²) in [6, 6.07) is 8.83. The standard InChI is InChI=1S/C15H10ClN3O4/c16-11-3-2-9(19(22)23)6-10(11)15-17-12-4-1-8(14(21)7-20)5-13(12)18-15/h1-6,20H,7H2,(H,17,18). The van der Waals surface area contributed by atoms with Crippen LogP contribution in [0.1, 0.15) is 10.4 Å². The molecule has 3 aromatic rings. The van der Waals surface area contributed by atoms with E-state index in [1.165, 1.54) is 18.2 Å². The number of aliphatic hydroxyl groups excluding tert-OH is 1. The summed E-state index contributed by atoms with van der Waals surface area (Å²) in [5, 5.41) is 20.1. The van der Waals surface area contributed by atoms with E-state index in [1.807, 2.05) is 0 Å². The van der Waals surface area contributed by atoms with Gasteiger partial charge >= 0.3 is 0 Å². The monoisotopic (exact) mass is 331 g/mol. The Kier molecular flexibility index (Phi) is 3.81. The Labute approximate surface area is 134 Å². The number of carbonyl (C=O) groups is 1. The van der Waals surface area contributed by atoms with Gasteiger partial charge in [0.1, 0.15) is 12.4 Å². The van der Waals surface area contributed by atoms with Crippen LogP contribution < -0.4 is 0 Å². The minimum absolute atomic E-state index is 0.0963. The van der Waals surface area contributed by atoms with Crippen LogP contribution in [0, 0.1) is 10.1 Å². The normalized spacial score (nSPS) is 10.9. The molecule has 1 aromatic heterocycles. The first-order chi connectivity index (χ1) is 11.0. The molecule has 23 heavy (non-hydrogen) atoms. The summed E-state index contributed by atoms with van der Waals surface area (Å²) in [4.78, 5) is 29.2. The number of nitrogens with zero attached hydrogens (tertiary/aromatic N) is 2. The Morgan fingerprint density at radius 2 is 2.09 bits per heavy atom. The van der Waals surface area contributed by atoms with Crippen molar-refractivity contribution >= 4 is 34.1 Å². The van der Waals surface area contributed by atoms with Crippen LogP contribution in [0.25, 0.3) is 22.4 Å². The van der Waals surface area contributed by atoms with E-state index in [9.17, 15) is 14.9 Å². The number of Topliss-reactive ketones (excluding diaryl/α,β-unsaturated/α-hetero) is 1. The van der Waals surface area contributed by atoms with Crippen molar-refractivity contribution in [2.45, 2.75) is 0 Å². The van der Waals surface area contributed by atoms with Gasteiger partial charge in [0.05, 0.1) is 21.0 Å². The van der Waals surface area contributed by atoms with Crippen LogP contribution >= 0.6 is 11.6 Å². The number of hydrogen-bond donors (Lipinski definition) is 2. The van der Waals surface area contributed by atoms with Crippen LogP contribution in [-0.2, 0) is 0 Å². The number of ketones is 1. The average molecular weight is 332 g/mol. The van der Waals surface area contributed by atoms with Gasteiger partial charge in [0.2, 0.25) is 0 Å². The van der Waals surface area contributed by atoms with E-state index in [4.69, 9.17) is 16.7 Å². The van der Waals surface area contributed by atoms with E-state index in [0.29, 0.717) is 33.0 Å². The number of rotatable bonds is 4. The molecule has 1 heterocycles. The van der Waals surface area contributed by atoms with Crippen LogP contribution in [0.15, 0.2) is 36.4 Å². The average Bonchev–Trinajstić information content (AvgIpc) is 2.96. The van der Waals surface area contributed by atoms with Gasteiger partial charge in [0.25, 0.3) is 5.69 Å². The molecule has 0 aliphatic heterocycles. The molecule has 7 nitrogen and oxygen atoms in total. The number of nitro groups is 1. The summed E-state index contributed by atoms with van der Waals surface area (Å²) in [6.45, 7) is -0.580. The Morgan fingerprint density at radius 3 is 2.78 bits per heavy atom. The number of hydrogen-bond acceptors (Lipinski definition) is 5. The second-order valence-electron chi connectivity index (χ2n) is 4.82. The van der Waals surface area contributed by atoms with Crippen molar-refractivity contribution in [3.8, 4) is 11.4 Å². The van der Waals surface area contributed by atoms with E-state index in [0.717, 1.165) is 0 Å². The van der Waals surface area contributed by atoms with Crippen molar-refractivity contribution in [3.05, 3.63) is 57.1 Å². The van der Waals surface area contributed by atoms with Crippen molar-refractivity contribution in [1.82, 2.24) is 9.97 Å². The van der Waals surface area contributed by atoms with E-state index in [2.05, 4.69) is 9.97 Å². The molecule has 0 aliphatic rings. The molecule has 0 spiro atoms. The lowest BCUT2D eigenvalue weighted by molar-refractivity contribution is -0.384. The van der Waals surface area contributed by atoms with Gasteiger partial charge in [-0.25, -0.2) is 4.98 Å². The summed E-state index contributed by atoms with van der Waals surface area (Å²) < 4.78 is 0. The number of non-ortho nitro benzene ring substituents is 1. The molecule has 0 saturated heterocycles. The number of H-pyrrole nitrogens is 1. The predicted molar refractivity (Wildman–Crippen MR) is 84.6 cm³/mol. The highest BCUT2D eigenvalue weighted by atomic mass is 35.5. The molecule has 0 bridgehead atoms. The first kappa shape index (κ1) is 15.1. The number of imidazole rings is 1. The molecule has 3 rings (SSSR count). The maximum Gasteiger partial charge on any atom is 0.270 e. The zero-order chi connectivity index (χ0) is 16.6. The number of carbonyl (C=O) groups excluding carboxylic acids is 1. The number of aliphatic hydroxyl groups is 1. The summed E-state index contributed by atoms with van der Waals surface area (Å²) in [5.41, 5.74) is 1.80. The molecule has 0 atom stereocenters. The van der Waals surface area contributed by atoms with E-state index in [-0.39, 0.29) is 5.69 Å². The van der Waals surface area contributed by atoms with Crippen LogP contribution in [0.2, 0.25) is 5.02 Å². The van der Waals surface area contributed by atoms with Crippen LogP contribution in [-0.4, -0.2) is 32.4 Å². The fraction of sp³-hybridized carbons (Fsp3) is 0.0667. The minimum atomic E-state index is -0.580. The highest BCUT2D eigenvalue weighted by Crippen LogP contribution is 2.31. The first-order valence-corrected chi connectivity index (χ1v) is 6.95. The highest BCUT2D eigenvalue weighted by molar-refractivity contribution is 6.33. The van der Waals surface area contributed by atoms with Crippen LogP contribution in [0.4, 0.5) is 5.69 Å². The molecule has 2 aromatic carbocycles. The lowest BCUT2D eigenvalue weighted by atomic mass is 10.1. The van der Waals surface area contributed by atoms with Gasteiger partial charge in [0, 0.05) is 23.3 Å². The predicted octanol–water partition coefficient (Wildman–Crippen LogP) is 2.97. The Morgan fingerprint density at radius 1 is 1.30 bits per heavy atom. The largest absolute Gasteiger partial charge is 0.388 e. The van der Waals surface area contributed by atoms with Gasteiger partial charge in [-0.15, -0.1) is 0 Å². The van der Waals surface area contributed by atoms with E-state index in [1.54, 1.807) is 18.2 Å². The van der Waals surface area contributed by atoms with Crippen molar-refractivity contribution in [2.24, 2.45) is 0 Å². The van der Waals surface area contributed by atoms with Gasteiger partial charge < -0.3 is 10.1 Å². The summed E-state index contributed by atoms with van der Waals surface area (Å²) in [7, 11) is 0. The van der Waals surface area contributed by atoms with Gasteiger partial charge in [-0.1, -0.05) is 11.6 Å². The molecule has 0 radical (unpaired) electrons. The third kappa shape index (κ3) is 2.79. The Bertz CT molecular complexity index is 936. The zero-order valence-electron chi connectivity index (χ0n) is 11.6. The third-order valence-electron chi connectivity index (χ3n) is 3.36. The number of halogens is 1. The molecule has 0 fully saturated rings. The lowest BCUT2D eigenvalue weighted by Crippen LogP contribution is -2.03. The highest BCUT2D eigenvalue weighted by Gasteiger charge is 2.15. The van der Waals surface area contributed by atoms with Crippen LogP contribution in [0.3, 0.4) is 0 Å². The summed E-state index contributed by atoms with van der Waals surface area (Å²) >= 11 is 6.10. The fourth-order valence-electron chi connectivity index (χ4n) is 2.21. The molecular formula is C15H10ClN3O4. The smallest absolute Gasteiger partial charge is 0.270 e. The fourth-order valence-corrected chi connectivity index (χ4v) is 2.42. The van der Waals surface area contributed by atoms with Crippen LogP contribution in [0.5, 0.6) is 0 Å². The minimum Gasteiger partial charge on any atom is -0.388 e. The molecule has 116 valence electrons. The number of fused-ring (bicyclic) bond motifs is 1. The van der Waals surface area contributed by atoms with E-state index < -0.39 is 17.3 Å². The second kappa shape index (κ2) is 5.79. The van der Waals surface area contributed by atoms with Crippen molar-refractivity contribution < 1.29 is 14.8 Å². The number of aromatic amines is 1. The molecule has 0 unspecified atom stereocenters. The number of nitrogens with one attached hydrogen (secondary N) is 1. The lowest BCUT2D eigenvalue weighted by Gasteiger charge is -2.00. The molecule has 0 amide bonds. The van der Waals surface area contributed by atoms with Crippen molar-refractivity contribution in [3.63, 3.8) is 0 Å². The molecule has 8 heteroatoms. The number of aromatic nitrogens is 2. The maximum absolute atomic E-state index is 11.5. The van der Waals surface area contributed by atoms with Crippen molar-refractivity contribution in [2.75, 3.05) is 6.61 Å².